The van der Waals surface area contributed by atoms with E-state index in [1.54, 1.807) is 0 Å². The maximum absolute atomic E-state index is 2.41. The molecule has 0 spiro atoms. The lowest BCUT2D eigenvalue weighted by Crippen LogP contribution is -2.14. The van der Waals surface area contributed by atoms with E-state index in [1.165, 1.54) is 109 Å². The van der Waals surface area contributed by atoms with Gasteiger partial charge in [-0.15, -0.1) is 0 Å². The number of hydrogen-bond donors (Lipinski definition) is 0. The van der Waals surface area contributed by atoms with Gasteiger partial charge in [-0.3, -0.25) is 0 Å². The van der Waals surface area contributed by atoms with Crippen molar-refractivity contribution in [2.24, 2.45) is 0 Å². The lowest BCUT2D eigenvalue weighted by Gasteiger charge is -2.28. The molecule has 2 aliphatic rings. The van der Waals surface area contributed by atoms with Gasteiger partial charge in [-0.1, -0.05) is 204 Å². The van der Waals surface area contributed by atoms with Crippen LogP contribution in [0.3, 0.4) is 0 Å². The van der Waals surface area contributed by atoms with Gasteiger partial charge in [0, 0.05) is 44.7 Å². The SMILES string of the molecule is CC1(C)c2cccc3cc(-c4ccc(N(c5ccccc5)c5ccc(-c6ccc(N(c7ccccc7)c7ccc(-c8cc9cccc%10c9c9c(cccc89)C%10(C)C)cc7)c7ccccc67)cc5)cc4)c4cccc1c4c23. The molecule has 15 rings (SSSR count). The first-order valence-electron chi connectivity index (χ1n) is 26.7. The largest absolute Gasteiger partial charge is 0.311 e. The van der Waals surface area contributed by atoms with Gasteiger partial charge in [-0.05, 0) is 183 Å². The maximum atomic E-state index is 2.41. The zero-order chi connectivity index (χ0) is 50.9. The highest BCUT2D eigenvalue weighted by Gasteiger charge is 2.36. The van der Waals surface area contributed by atoms with Crippen LogP contribution in [-0.2, 0) is 10.8 Å². The second-order valence-electron chi connectivity index (χ2n) is 22.0. The summed E-state index contributed by atoms with van der Waals surface area (Å²) in [6.45, 7) is 9.47. The standard InChI is InChI=1S/C74H54N2/c1-73(2)64-27-13-17-50-45-62(60-25-15-29-66(73)71(60)69(50)64)48-33-39-55(40-34-48)75(52-19-7-5-8-20-52)54-37-31-47(32-38-54)57-43-44-68(59-24-12-11-23-58(57)59)76(53-21-9-6-10-22-53)56-41-35-49(36-42-56)63-46-51-18-14-28-65-70(51)72-61(63)26-16-30-67(72)74(65,3)4/h5-46H,1-4H3. The van der Waals surface area contributed by atoms with E-state index in [4.69, 9.17) is 0 Å². The van der Waals surface area contributed by atoms with Crippen molar-refractivity contribution >= 4 is 88.0 Å². The summed E-state index contributed by atoms with van der Waals surface area (Å²) in [6.07, 6.45) is 0. The summed E-state index contributed by atoms with van der Waals surface area (Å²) < 4.78 is 0. The molecular formula is C74H54N2. The molecule has 360 valence electrons. The highest BCUT2D eigenvalue weighted by Crippen LogP contribution is 2.53. The first-order chi connectivity index (χ1) is 37.2. The Hall–Kier alpha value is -9.24. The third-order valence-corrected chi connectivity index (χ3v) is 17.2. The molecule has 0 saturated carbocycles. The smallest absolute Gasteiger partial charge is 0.0540 e. The van der Waals surface area contributed by atoms with Gasteiger partial charge in [0.05, 0.1) is 5.69 Å². The molecule has 0 atom stereocenters. The molecule has 0 aromatic heterocycles. The third kappa shape index (κ3) is 6.53. The van der Waals surface area contributed by atoms with Gasteiger partial charge in [0.25, 0.3) is 0 Å². The van der Waals surface area contributed by atoms with Gasteiger partial charge >= 0.3 is 0 Å². The van der Waals surface area contributed by atoms with Gasteiger partial charge in [0.15, 0.2) is 0 Å². The van der Waals surface area contributed by atoms with Crippen molar-refractivity contribution in [3.63, 3.8) is 0 Å². The maximum Gasteiger partial charge on any atom is 0.0540 e. The van der Waals surface area contributed by atoms with Crippen LogP contribution in [0, 0.1) is 0 Å². The fourth-order valence-corrected chi connectivity index (χ4v) is 13.5. The molecule has 0 fully saturated rings. The van der Waals surface area contributed by atoms with Crippen LogP contribution in [0.15, 0.2) is 255 Å². The zero-order valence-corrected chi connectivity index (χ0v) is 43.1. The topological polar surface area (TPSA) is 6.48 Å². The number of hydrogen-bond acceptors (Lipinski definition) is 2. The molecule has 0 aliphatic heterocycles. The zero-order valence-electron chi connectivity index (χ0n) is 43.1. The summed E-state index contributed by atoms with van der Waals surface area (Å²) in [5.74, 6) is 0. The van der Waals surface area contributed by atoms with Crippen molar-refractivity contribution in [2.75, 3.05) is 9.80 Å². The van der Waals surface area contributed by atoms with Crippen LogP contribution in [0.2, 0.25) is 0 Å². The first-order valence-corrected chi connectivity index (χ1v) is 26.7. The summed E-state index contributed by atoms with van der Waals surface area (Å²) in [7, 11) is 0. The number of benzene rings is 13. The lowest BCUT2D eigenvalue weighted by molar-refractivity contribution is 0.662. The Morgan fingerprint density at radius 2 is 0.605 bits per heavy atom. The van der Waals surface area contributed by atoms with Crippen molar-refractivity contribution in [3.05, 3.63) is 277 Å². The van der Waals surface area contributed by atoms with Gasteiger partial charge in [-0.2, -0.15) is 0 Å². The summed E-state index contributed by atoms with van der Waals surface area (Å²) in [6, 6.07) is 94.7. The number of fused-ring (bicyclic) bond motifs is 1. The minimum atomic E-state index is -0.0327. The number of para-hydroxylation sites is 2. The molecular weight excluding hydrogens is 917 g/mol. The minimum Gasteiger partial charge on any atom is -0.311 e. The Morgan fingerprint density at radius 3 is 1.08 bits per heavy atom. The quantitative estimate of drug-likeness (QED) is 0.133. The Labute approximate surface area is 444 Å². The monoisotopic (exact) mass is 970 g/mol. The predicted molar refractivity (Wildman–Crippen MR) is 324 cm³/mol. The second-order valence-corrected chi connectivity index (χ2v) is 22.0. The van der Waals surface area contributed by atoms with Crippen LogP contribution in [0.4, 0.5) is 34.1 Å². The lowest BCUT2D eigenvalue weighted by atomic mass is 9.82. The summed E-state index contributed by atoms with van der Waals surface area (Å²) >= 11 is 0. The van der Waals surface area contributed by atoms with Crippen molar-refractivity contribution < 1.29 is 0 Å². The molecule has 0 N–H and O–H groups in total. The second kappa shape index (κ2) is 16.6. The van der Waals surface area contributed by atoms with Gasteiger partial charge in [-0.25, -0.2) is 0 Å². The summed E-state index contributed by atoms with van der Waals surface area (Å²) in [5.41, 5.74) is 19.6. The number of anilines is 6. The molecule has 0 radical (unpaired) electrons. The molecule has 0 amide bonds. The van der Waals surface area contributed by atoms with Crippen LogP contribution in [0.1, 0.15) is 49.9 Å². The summed E-state index contributed by atoms with van der Waals surface area (Å²) in [4.78, 5) is 4.78. The average Bonchev–Trinajstić information content (AvgIpc) is 4.09. The Morgan fingerprint density at radius 1 is 0.250 bits per heavy atom. The van der Waals surface area contributed by atoms with E-state index >= 15 is 0 Å². The van der Waals surface area contributed by atoms with Gasteiger partial charge in [0.1, 0.15) is 0 Å². The first kappa shape index (κ1) is 44.3. The van der Waals surface area contributed by atoms with E-state index in [0.29, 0.717) is 0 Å². The van der Waals surface area contributed by atoms with Crippen LogP contribution >= 0.6 is 0 Å². The fraction of sp³-hybridized carbons (Fsp3) is 0.0811. The van der Waals surface area contributed by atoms with E-state index in [9.17, 15) is 0 Å². The highest BCUT2D eigenvalue weighted by atomic mass is 15.1. The van der Waals surface area contributed by atoms with E-state index in [-0.39, 0.29) is 10.8 Å². The molecule has 76 heavy (non-hydrogen) atoms. The molecule has 2 nitrogen and oxygen atoms in total. The van der Waals surface area contributed by atoms with Crippen LogP contribution < -0.4 is 9.80 Å². The average molecular weight is 971 g/mol. The van der Waals surface area contributed by atoms with E-state index < -0.39 is 0 Å². The molecule has 2 aliphatic carbocycles. The minimum absolute atomic E-state index is 0.0284. The van der Waals surface area contributed by atoms with Crippen molar-refractivity contribution in [2.45, 2.75) is 38.5 Å². The molecule has 0 bridgehead atoms. The molecule has 13 aromatic carbocycles. The van der Waals surface area contributed by atoms with Gasteiger partial charge < -0.3 is 9.80 Å². The molecule has 2 heteroatoms. The molecule has 0 heterocycles. The molecule has 0 unspecified atom stereocenters. The Bertz CT molecular complexity index is 4470. The number of rotatable bonds is 9. The molecule has 13 aromatic rings. The van der Waals surface area contributed by atoms with Crippen LogP contribution in [-0.4, -0.2) is 0 Å². The van der Waals surface area contributed by atoms with E-state index in [2.05, 4.69) is 292 Å². The van der Waals surface area contributed by atoms with Crippen molar-refractivity contribution in [1.29, 1.82) is 0 Å². The predicted octanol–water partition coefficient (Wildman–Crippen LogP) is 20.7. The Kier molecular flexibility index (Phi) is 9.69. The fourth-order valence-electron chi connectivity index (χ4n) is 13.5. The highest BCUT2D eigenvalue weighted by molar-refractivity contribution is 6.21. The van der Waals surface area contributed by atoms with Crippen LogP contribution in [0.5, 0.6) is 0 Å². The van der Waals surface area contributed by atoms with E-state index in [1.807, 2.05) is 0 Å². The van der Waals surface area contributed by atoms with Crippen LogP contribution in [0.25, 0.3) is 87.2 Å². The van der Waals surface area contributed by atoms with E-state index in [0.717, 1.165) is 34.1 Å². The number of nitrogens with zero attached hydrogens (tertiary/aromatic N) is 2. The Balaban J connectivity index is 0.783. The van der Waals surface area contributed by atoms with Crippen molar-refractivity contribution in [3.8, 4) is 33.4 Å². The summed E-state index contributed by atoms with van der Waals surface area (Å²) in [5, 5.41) is 13.3. The van der Waals surface area contributed by atoms with Crippen molar-refractivity contribution in [1.82, 2.24) is 0 Å². The normalized spacial score (nSPS) is 13.7. The molecule has 0 saturated heterocycles. The third-order valence-electron chi connectivity index (χ3n) is 17.2. The van der Waals surface area contributed by atoms with Gasteiger partial charge in [0.2, 0.25) is 0 Å².